The molecule has 108 valence electrons. The quantitative estimate of drug-likeness (QED) is 0.658. The van der Waals surface area contributed by atoms with E-state index in [2.05, 4.69) is 5.32 Å². The Morgan fingerprint density at radius 3 is 2.55 bits per heavy atom. The van der Waals surface area contributed by atoms with Gasteiger partial charge in [-0.25, -0.2) is 4.79 Å². The predicted octanol–water partition coefficient (Wildman–Crippen LogP) is 2.97. The van der Waals surface area contributed by atoms with Crippen molar-refractivity contribution in [3.8, 4) is 5.75 Å². The minimum absolute atomic E-state index is 0.0543. The summed E-state index contributed by atoms with van der Waals surface area (Å²) < 4.78 is 5.13. The maximum Gasteiger partial charge on any atom is 0.412 e. The first-order chi connectivity index (χ1) is 9.26. The van der Waals surface area contributed by atoms with E-state index in [4.69, 9.17) is 4.74 Å². The van der Waals surface area contributed by atoms with Gasteiger partial charge in [-0.2, -0.15) is 0 Å². The van der Waals surface area contributed by atoms with Crippen molar-refractivity contribution in [3.05, 3.63) is 23.8 Å². The Kier molecular flexibility index (Phi) is 3.46. The van der Waals surface area contributed by atoms with E-state index in [1.807, 2.05) is 0 Å². The highest BCUT2D eigenvalue weighted by Crippen LogP contribution is 2.47. The fourth-order valence-electron chi connectivity index (χ4n) is 1.97. The molecule has 1 aromatic carbocycles. The van der Waals surface area contributed by atoms with Crippen molar-refractivity contribution in [2.24, 2.45) is 0 Å². The minimum Gasteiger partial charge on any atom is -0.506 e. The van der Waals surface area contributed by atoms with Crippen LogP contribution in [0.5, 0.6) is 5.75 Å². The SMILES string of the molecule is CC(C)(C)OC(=O)Nc1cc(C2(C=O)CC2)ccc1O. The number of carbonyl (C=O) groups is 2. The van der Waals surface area contributed by atoms with E-state index < -0.39 is 17.1 Å². The van der Waals surface area contributed by atoms with Gasteiger partial charge in [-0.15, -0.1) is 0 Å². The summed E-state index contributed by atoms with van der Waals surface area (Å²) in [5, 5.41) is 12.3. The maximum atomic E-state index is 11.7. The Bertz CT molecular complexity index is 541. The van der Waals surface area contributed by atoms with Gasteiger partial charge >= 0.3 is 6.09 Å². The molecule has 0 saturated heterocycles. The molecule has 0 aliphatic heterocycles. The Morgan fingerprint density at radius 2 is 2.05 bits per heavy atom. The second-order valence-corrected chi connectivity index (χ2v) is 6.13. The zero-order valence-electron chi connectivity index (χ0n) is 11.9. The lowest BCUT2D eigenvalue weighted by Gasteiger charge is -2.20. The average Bonchev–Trinajstić information content (AvgIpc) is 3.10. The number of benzene rings is 1. The van der Waals surface area contributed by atoms with Crippen LogP contribution in [-0.2, 0) is 14.9 Å². The third-order valence-electron chi connectivity index (χ3n) is 3.22. The van der Waals surface area contributed by atoms with Gasteiger partial charge in [0.25, 0.3) is 0 Å². The van der Waals surface area contributed by atoms with Crippen LogP contribution in [0.3, 0.4) is 0 Å². The van der Waals surface area contributed by atoms with Crippen LogP contribution in [0.25, 0.3) is 0 Å². The predicted molar refractivity (Wildman–Crippen MR) is 74.9 cm³/mol. The van der Waals surface area contributed by atoms with Gasteiger partial charge in [0.15, 0.2) is 0 Å². The van der Waals surface area contributed by atoms with E-state index in [0.717, 1.165) is 24.7 Å². The first-order valence-corrected chi connectivity index (χ1v) is 6.56. The van der Waals surface area contributed by atoms with Crippen LogP contribution in [0.4, 0.5) is 10.5 Å². The molecule has 0 heterocycles. The van der Waals surface area contributed by atoms with E-state index in [1.165, 1.54) is 6.07 Å². The maximum absolute atomic E-state index is 11.7. The normalized spacial score (nSPS) is 16.4. The average molecular weight is 277 g/mol. The molecule has 0 bridgehead atoms. The second kappa shape index (κ2) is 4.81. The first kappa shape index (κ1) is 14.4. The molecule has 1 aliphatic carbocycles. The van der Waals surface area contributed by atoms with Crippen LogP contribution >= 0.6 is 0 Å². The number of amides is 1. The van der Waals surface area contributed by atoms with Crippen LogP contribution in [0.2, 0.25) is 0 Å². The number of anilines is 1. The number of ether oxygens (including phenoxy) is 1. The highest BCUT2D eigenvalue weighted by molar-refractivity contribution is 5.87. The fraction of sp³-hybridized carbons (Fsp3) is 0.467. The summed E-state index contributed by atoms with van der Waals surface area (Å²) >= 11 is 0. The largest absolute Gasteiger partial charge is 0.506 e. The van der Waals surface area contributed by atoms with Gasteiger partial charge in [-0.3, -0.25) is 5.32 Å². The molecule has 0 radical (unpaired) electrons. The smallest absolute Gasteiger partial charge is 0.412 e. The minimum atomic E-state index is -0.638. The van der Waals surface area contributed by atoms with Crippen molar-refractivity contribution in [2.45, 2.75) is 44.6 Å². The third-order valence-corrected chi connectivity index (χ3v) is 3.22. The molecule has 1 fully saturated rings. The lowest BCUT2D eigenvalue weighted by molar-refractivity contribution is -0.109. The van der Waals surface area contributed by atoms with Crippen LogP contribution in [0.1, 0.15) is 39.2 Å². The number of rotatable bonds is 3. The van der Waals surface area contributed by atoms with Crippen LogP contribution in [-0.4, -0.2) is 23.1 Å². The Balaban J connectivity index is 2.17. The highest BCUT2D eigenvalue weighted by atomic mass is 16.6. The van der Waals surface area contributed by atoms with E-state index in [-0.39, 0.29) is 11.4 Å². The standard InChI is InChI=1S/C15H19NO4/c1-14(2,3)20-13(19)16-11-8-10(4-5-12(11)18)15(9-17)6-7-15/h4-5,8-9,18H,6-7H2,1-3H3,(H,16,19). The van der Waals surface area contributed by atoms with Gasteiger partial charge in [0.05, 0.1) is 11.1 Å². The number of phenols is 1. The molecule has 0 atom stereocenters. The zero-order valence-corrected chi connectivity index (χ0v) is 11.9. The number of hydrogen-bond donors (Lipinski definition) is 2. The fourth-order valence-corrected chi connectivity index (χ4v) is 1.97. The lowest BCUT2D eigenvalue weighted by atomic mass is 9.97. The third kappa shape index (κ3) is 3.10. The summed E-state index contributed by atoms with van der Waals surface area (Å²) in [6.07, 6.45) is 1.89. The van der Waals surface area contributed by atoms with Crippen LogP contribution in [0.15, 0.2) is 18.2 Å². The molecule has 1 aromatic rings. The summed E-state index contributed by atoms with van der Waals surface area (Å²) in [5.74, 6) is -0.0543. The zero-order chi connectivity index (χ0) is 15.0. The first-order valence-electron chi connectivity index (χ1n) is 6.56. The van der Waals surface area contributed by atoms with Crippen molar-refractivity contribution >= 4 is 18.1 Å². The Labute approximate surface area is 117 Å². The van der Waals surface area contributed by atoms with Crippen LogP contribution < -0.4 is 5.32 Å². The van der Waals surface area contributed by atoms with Gasteiger partial charge in [0.2, 0.25) is 0 Å². The summed E-state index contributed by atoms with van der Waals surface area (Å²) in [5.41, 5.74) is -0.00294. The van der Waals surface area contributed by atoms with E-state index in [0.29, 0.717) is 0 Å². The summed E-state index contributed by atoms with van der Waals surface area (Å²) in [4.78, 5) is 22.8. The molecule has 0 unspecified atom stereocenters. The van der Waals surface area contributed by atoms with Gasteiger partial charge in [-0.1, -0.05) is 6.07 Å². The number of aromatic hydroxyl groups is 1. The van der Waals surface area contributed by atoms with E-state index in [9.17, 15) is 14.7 Å². The molecule has 5 nitrogen and oxygen atoms in total. The molecule has 0 spiro atoms. The highest BCUT2D eigenvalue weighted by Gasteiger charge is 2.44. The van der Waals surface area contributed by atoms with Crippen molar-refractivity contribution in [1.82, 2.24) is 0 Å². The molecular formula is C15H19NO4. The lowest BCUT2D eigenvalue weighted by Crippen LogP contribution is -2.27. The number of carbonyl (C=O) groups excluding carboxylic acids is 2. The summed E-state index contributed by atoms with van der Waals surface area (Å²) in [6, 6.07) is 4.81. The molecule has 2 N–H and O–H groups in total. The number of phenolic OH excluding ortho intramolecular Hbond substituents is 1. The number of hydrogen-bond acceptors (Lipinski definition) is 4. The van der Waals surface area contributed by atoms with Crippen LogP contribution in [0, 0.1) is 0 Å². The van der Waals surface area contributed by atoms with Crippen molar-refractivity contribution < 1.29 is 19.4 Å². The topological polar surface area (TPSA) is 75.6 Å². The van der Waals surface area contributed by atoms with Crippen molar-refractivity contribution in [3.63, 3.8) is 0 Å². The molecule has 20 heavy (non-hydrogen) atoms. The molecule has 2 rings (SSSR count). The molecule has 0 aromatic heterocycles. The Hall–Kier alpha value is -2.04. The van der Waals surface area contributed by atoms with Crippen molar-refractivity contribution in [1.29, 1.82) is 0 Å². The van der Waals surface area contributed by atoms with Gasteiger partial charge < -0.3 is 14.6 Å². The Morgan fingerprint density at radius 1 is 1.40 bits per heavy atom. The van der Waals surface area contributed by atoms with Crippen molar-refractivity contribution in [2.75, 3.05) is 5.32 Å². The molecule has 1 aliphatic rings. The van der Waals surface area contributed by atoms with E-state index in [1.54, 1.807) is 32.9 Å². The van der Waals surface area contributed by atoms with Gasteiger partial charge in [0, 0.05) is 0 Å². The van der Waals surface area contributed by atoms with Gasteiger partial charge in [-0.05, 0) is 51.3 Å². The van der Waals surface area contributed by atoms with Gasteiger partial charge in [0.1, 0.15) is 17.6 Å². The monoisotopic (exact) mass is 277 g/mol. The molecule has 1 amide bonds. The molecule has 5 heteroatoms. The van der Waals surface area contributed by atoms with E-state index >= 15 is 0 Å². The number of aldehydes is 1. The summed E-state index contributed by atoms with van der Waals surface area (Å²) in [7, 11) is 0. The summed E-state index contributed by atoms with van der Waals surface area (Å²) in [6.45, 7) is 5.28. The second-order valence-electron chi connectivity index (χ2n) is 6.13. The molecular weight excluding hydrogens is 258 g/mol. The number of nitrogens with one attached hydrogen (secondary N) is 1. The molecule has 1 saturated carbocycles.